The molecule has 0 aliphatic carbocycles. The maximum absolute atomic E-state index is 14.5. The Hall–Kier alpha value is -2.96. The first-order valence-corrected chi connectivity index (χ1v) is 11.9. The number of benzene rings is 3. The van der Waals surface area contributed by atoms with Gasteiger partial charge in [-0.1, -0.05) is 60.7 Å². The lowest BCUT2D eigenvalue weighted by molar-refractivity contribution is -0.127. The van der Waals surface area contributed by atoms with Gasteiger partial charge >= 0.3 is 0 Å². The van der Waals surface area contributed by atoms with Crippen LogP contribution in [0, 0.1) is 11.7 Å². The zero-order valence-electron chi connectivity index (χ0n) is 17.2. The van der Waals surface area contributed by atoms with Crippen molar-refractivity contribution in [3.63, 3.8) is 0 Å². The van der Waals surface area contributed by atoms with Gasteiger partial charge in [-0.05, 0) is 23.8 Å². The summed E-state index contributed by atoms with van der Waals surface area (Å²) in [5.41, 5.74) is 1.53. The van der Waals surface area contributed by atoms with Crippen molar-refractivity contribution in [2.24, 2.45) is 5.92 Å². The molecule has 0 radical (unpaired) electrons. The highest BCUT2D eigenvalue weighted by Gasteiger charge is 2.69. The number of fused-ring (bicyclic) bond motifs is 4. The lowest BCUT2D eigenvalue weighted by Gasteiger charge is -2.36. The molecule has 3 aromatic carbocycles. The van der Waals surface area contributed by atoms with Gasteiger partial charge in [-0.2, -0.15) is 0 Å². The van der Waals surface area contributed by atoms with E-state index in [0.29, 0.717) is 22.7 Å². The van der Waals surface area contributed by atoms with Crippen molar-refractivity contribution in [3.05, 3.63) is 101 Å². The van der Waals surface area contributed by atoms with Gasteiger partial charge in [-0.15, -0.1) is 11.8 Å². The molecule has 160 valence electrons. The van der Waals surface area contributed by atoms with Crippen LogP contribution in [0.25, 0.3) is 0 Å². The van der Waals surface area contributed by atoms with Crippen LogP contribution in [-0.4, -0.2) is 34.3 Å². The number of rotatable bonds is 3. The van der Waals surface area contributed by atoms with Crippen LogP contribution in [0.4, 0.5) is 10.1 Å². The summed E-state index contributed by atoms with van der Waals surface area (Å²) in [6, 6.07) is 23.5. The van der Waals surface area contributed by atoms with Gasteiger partial charge in [0.2, 0.25) is 5.91 Å². The van der Waals surface area contributed by atoms with Gasteiger partial charge in [0, 0.05) is 40.4 Å². The van der Waals surface area contributed by atoms with E-state index in [1.807, 2.05) is 48.5 Å². The Morgan fingerprint density at radius 1 is 1.03 bits per heavy atom. The monoisotopic (exact) mass is 444 g/mol. The van der Waals surface area contributed by atoms with Crippen molar-refractivity contribution in [2.75, 3.05) is 16.9 Å². The second-order valence-electron chi connectivity index (χ2n) is 8.59. The van der Waals surface area contributed by atoms with Gasteiger partial charge in [0.1, 0.15) is 11.4 Å². The number of carbonyl (C=O) groups is 2. The lowest BCUT2D eigenvalue weighted by atomic mass is 9.69. The van der Waals surface area contributed by atoms with Gasteiger partial charge in [0.15, 0.2) is 5.78 Å². The van der Waals surface area contributed by atoms with Gasteiger partial charge in [0.05, 0.1) is 5.92 Å². The second kappa shape index (κ2) is 7.29. The van der Waals surface area contributed by atoms with Gasteiger partial charge in [0.25, 0.3) is 0 Å². The van der Waals surface area contributed by atoms with Crippen molar-refractivity contribution < 1.29 is 14.0 Å². The number of amides is 1. The van der Waals surface area contributed by atoms with Crippen LogP contribution in [0.3, 0.4) is 0 Å². The van der Waals surface area contributed by atoms with Crippen LogP contribution in [0.15, 0.2) is 78.9 Å². The number of ketones is 1. The molecule has 0 saturated carbocycles. The average Bonchev–Trinajstić information content (AvgIpc) is 3.48. The number of hydrogen-bond donors (Lipinski definition) is 1. The smallest absolute Gasteiger partial charge is 0.250 e. The summed E-state index contributed by atoms with van der Waals surface area (Å²) in [7, 11) is 0. The third-order valence-corrected chi connectivity index (χ3v) is 8.15. The summed E-state index contributed by atoms with van der Waals surface area (Å²) in [5.74, 6) is -0.130. The minimum atomic E-state index is -1.24. The molecule has 1 amide bonds. The highest BCUT2D eigenvalue weighted by molar-refractivity contribution is 7.99. The van der Waals surface area contributed by atoms with Gasteiger partial charge in [-0.25, -0.2) is 4.39 Å². The van der Waals surface area contributed by atoms with Crippen LogP contribution in [0.2, 0.25) is 0 Å². The number of nitrogens with zero attached hydrogens (tertiary/aromatic N) is 1. The van der Waals surface area contributed by atoms with E-state index in [-0.39, 0.29) is 23.7 Å². The van der Waals surface area contributed by atoms with Crippen molar-refractivity contribution in [1.29, 1.82) is 0 Å². The Morgan fingerprint density at radius 3 is 2.50 bits per heavy atom. The lowest BCUT2D eigenvalue weighted by Crippen LogP contribution is -2.52. The van der Waals surface area contributed by atoms with Crippen molar-refractivity contribution in [1.82, 2.24) is 4.90 Å². The Bertz CT molecular complexity index is 1220. The number of carbonyl (C=O) groups excluding carboxylic acids is 2. The largest absolute Gasteiger partial charge is 0.324 e. The molecule has 0 aromatic heterocycles. The molecule has 2 saturated heterocycles. The fourth-order valence-corrected chi connectivity index (χ4v) is 7.20. The van der Waals surface area contributed by atoms with Crippen molar-refractivity contribution in [2.45, 2.75) is 17.5 Å². The van der Waals surface area contributed by atoms with Crippen LogP contribution >= 0.6 is 11.8 Å². The van der Waals surface area contributed by atoms with Crippen molar-refractivity contribution in [3.8, 4) is 0 Å². The minimum absolute atomic E-state index is 0.0000274. The molecule has 32 heavy (non-hydrogen) atoms. The predicted molar refractivity (Wildman–Crippen MR) is 123 cm³/mol. The van der Waals surface area contributed by atoms with Crippen LogP contribution in [-0.2, 0) is 10.3 Å². The maximum Gasteiger partial charge on any atom is 0.250 e. The zero-order valence-corrected chi connectivity index (χ0v) is 18.0. The molecule has 4 atom stereocenters. The summed E-state index contributed by atoms with van der Waals surface area (Å²) < 4.78 is 14.5. The molecule has 1 spiro atoms. The molecule has 3 aliphatic heterocycles. The Balaban J connectivity index is 1.63. The van der Waals surface area contributed by atoms with E-state index in [1.165, 1.54) is 12.1 Å². The highest BCUT2D eigenvalue weighted by atomic mass is 32.2. The topological polar surface area (TPSA) is 49.4 Å². The normalized spacial score (nSPS) is 28.5. The highest BCUT2D eigenvalue weighted by Crippen LogP contribution is 2.61. The summed E-state index contributed by atoms with van der Waals surface area (Å²) >= 11 is 1.76. The average molecular weight is 445 g/mol. The Morgan fingerprint density at radius 2 is 1.75 bits per heavy atom. The quantitative estimate of drug-likeness (QED) is 0.598. The molecule has 6 rings (SSSR count). The molecule has 0 bridgehead atoms. The van der Waals surface area contributed by atoms with Crippen LogP contribution in [0.5, 0.6) is 0 Å². The van der Waals surface area contributed by atoms with Crippen LogP contribution in [0.1, 0.15) is 27.4 Å². The molecule has 6 heteroatoms. The predicted octanol–water partition coefficient (Wildman–Crippen LogP) is 4.64. The fourth-order valence-electron chi connectivity index (χ4n) is 5.88. The summed E-state index contributed by atoms with van der Waals surface area (Å²) in [6.45, 7) is 0. The SMILES string of the molecule is O=C(c1ccccc1)[C@@H]1[C@@H](c2ccccc2)[C@@H]2CSCN2[C@@]12C(=O)Nc1ccc(F)cc12. The molecule has 3 aromatic rings. The third kappa shape index (κ3) is 2.60. The first-order chi connectivity index (χ1) is 15.6. The summed E-state index contributed by atoms with van der Waals surface area (Å²) in [4.78, 5) is 30.1. The van der Waals surface area contributed by atoms with Gasteiger partial charge < -0.3 is 5.32 Å². The van der Waals surface area contributed by atoms with Crippen molar-refractivity contribution >= 4 is 29.1 Å². The number of nitrogens with one attached hydrogen (secondary N) is 1. The zero-order chi connectivity index (χ0) is 21.9. The number of Topliss-reactive ketones (excluding diaryl/α,β-unsaturated/α-hetero) is 1. The molecule has 3 aliphatic rings. The second-order valence-corrected chi connectivity index (χ2v) is 9.59. The number of thioether (sulfide) groups is 1. The van der Waals surface area contributed by atoms with E-state index < -0.39 is 17.3 Å². The first-order valence-electron chi connectivity index (χ1n) is 10.7. The standard InChI is InChI=1S/C26H21FN2O2S/c27-18-11-12-20-19(13-18)26(25(31)28-20)23(24(30)17-9-5-2-6-10-17)22(16-7-3-1-4-8-16)21-14-32-15-29(21)26/h1-13,21-23H,14-15H2,(H,28,31)/t21-,22-,23-,26+/m0/s1. The van der Waals surface area contributed by atoms with E-state index in [1.54, 1.807) is 30.0 Å². The molecular weight excluding hydrogens is 423 g/mol. The molecule has 4 nitrogen and oxygen atoms in total. The van der Waals surface area contributed by atoms with E-state index in [0.717, 1.165) is 11.3 Å². The number of anilines is 1. The fraction of sp³-hybridized carbons (Fsp3) is 0.231. The Labute approximate surface area is 189 Å². The summed E-state index contributed by atoms with van der Waals surface area (Å²) in [5, 5.41) is 2.97. The molecule has 2 fully saturated rings. The maximum atomic E-state index is 14.5. The molecule has 3 heterocycles. The number of hydrogen-bond acceptors (Lipinski definition) is 4. The third-order valence-electron chi connectivity index (χ3n) is 7.11. The first kappa shape index (κ1) is 19.7. The minimum Gasteiger partial charge on any atom is -0.324 e. The van der Waals surface area contributed by atoms with Crippen LogP contribution < -0.4 is 5.32 Å². The summed E-state index contributed by atoms with van der Waals surface area (Å²) in [6.07, 6.45) is 0. The Kier molecular flexibility index (Phi) is 4.49. The van der Waals surface area contributed by atoms with E-state index >= 15 is 0 Å². The number of halogens is 1. The van der Waals surface area contributed by atoms with E-state index in [2.05, 4.69) is 10.2 Å². The molecular formula is C26H21FN2O2S. The van der Waals surface area contributed by atoms with Gasteiger partial charge in [-0.3, -0.25) is 14.5 Å². The van der Waals surface area contributed by atoms with E-state index in [4.69, 9.17) is 0 Å². The van der Waals surface area contributed by atoms with E-state index in [9.17, 15) is 14.0 Å². The molecule has 0 unspecified atom stereocenters. The molecule has 1 N–H and O–H groups in total.